The second kappa shape index (κ2) is 61.7. The lowest BCUT2D eigenvalue weighted by Gasteiger charge is -2.32. The Morgan fingerprint density at radius 2 is 0.813 bits per heavy atom. The van der Waals surface area contributed by atoms with Crippen LogP contribution in [-0.2, 0) is 109 Å². The van der Waals surface area contributed by atoms with E-state index >= 15 is 0 Å². The van der Waals surface area contributed by atoms with Crippen LogP contribution in [0, 0.1) is 17.8 Å². The minimum Gasteiger partial charge on any atom is -0.481 e. The number of aromatic nitrogens is 2. The topological polar surface area (TPSA) is 844 Å². The number of imidazole rings is 1. The van der Waals surface area contributed by atoms with Crippen molar-refractivity contribution in [3.05, 3.63) is 54.1 Å². The number of carbonyl (C=O) groups excluding carboxylic acids is 18. The van der Waals surface area contributed by atoms with Gasteiger partial charge in [-0.3, -0.25) is 91.1 Å². The van der Waals surface area contributed by atoms with Gasteiger partial charge in [-0.15, -0.1) is 0 Å². The van der Waals surface area contributed by atoms with E-state index in [-0.39, 0.29) is 89.0 Å². The predicted molar refractivity (Wildman–Crippen MR) is 494 cm³/mol. The predicted octanol–water partition coefficient (Wildman–Crippen LogP) is -11.2. The van der Waals surface area contributed by atoms with E-state index in [2.05, 4.69) is 95.0 Å². The molecule has 34 N–H and O–H groups in total. The molecule has 1 aliphatic heterocycles. The highest BCUT2D eigenvalue weighted by molar-refractivity contribution is 6.02. The van der Waals surface area contributed by atoms with Gasteiger partial charge in [0.05, 0.1) is 69.2 Å². The Bertz CT molecular complexity index is 4400. The van der Waals surface area contributed by atoms with Gasteiger partial charge >= 0.3 is 11.9 Å². The van der Waals surface area contributed by atoms with Crippen LogP contribution >= 0.6 is 0 Å². The zero-order chi connectivity index (χ0) is 105. The third-order valence-electron chi connectivity index (χ3n) is 22.2. The molecular formula is C87H144N24O28. The monoisotopic (exact) mass is 1970 g/mol. The number of nitrogens with two attached hydrogens (primary N) is 4. The molecule has 0 aliphatic carbocycles. The molecule has 1 aromatic carbocycles. The first-order valence-corrected chi connectivity index (χ1v) is 46.1. The van der Waals surface area contributed by atoms with Crippen LogP contribution in [0.4, 0.5) is 0 Å². The van der Waals surface area contributed by atoms with Crippen molar-refractivity contribution in [3.63, 3.8) is 0 Å². The van der Waals surface area contributed by atoms with Crippen molar-refractivity contribution in [1.29, 1.82) is 0 Å². The van der Waals surface area contributed by atoms with Gasteiger partial charge in [-0.25, -0.2) is 9.78 Å². The first kappa shape index (κ1) is 121. The summed E-state index contributed by atoms with van der Waals surface area (Å²) in [6, 6.07) is -21.2. The summed E-state index contributed by atoms with van der Waals surface area (Å²) >= 11 is 0. The summed E-state index contributed by atoms with van der Waals surface area (Å²) < 4.78 is 0. The fraction of sp³-hybridized carbons (Fsp3) is 0.667. The molecule has 2 heterocycles. The molecule has 1 aromatic heterocycles. The van der Waals surface area contributed by atoms with Crippen molar-refractivity contribution in [2.45, 2.75) is 300 Å². The molecule has 0 bridgehead atoms. The van der Waals surface area contributed by atoms with Crippen molar-refractivity contribution >= 4 is 118 Å². The number of aromatic amines is 1. The third-order valence-corrected chi connectivity index (χ3v) is 22.2. The zero-order valence-electron chi connectivity index (χ0n) is 80.1. The Morgan fingerprint density at radius 3 is 1.29 bits per heavy atom. The van der Waals surface area contributed by atoms with Gasteiger partial charge in [0.1, 0.15) is 103 Å². The Balaban J connectivity index is 1.87. The molecule has 1 saturated heterocycles. The first-order valence-electron chi connectivity index (χ1n) is 46.1. The van der Waals surface area contributed by atoms with Gasteiger partial charge < -0.3 is 164 Å². The van der Waals surface area contributed by atoms with E-state index in [9.17, 15) is 137 Å². The summed E-state index contributed by atoms with van der Waals surface area (Å²) in [6.45, 7) is 12.0. The lowest BCUT2D eigenvalue weighted by molar-refractivity contribution is -0.143. The molecule has 3 rings (SSSR count). The molecule has 0 radical (unpaired) electrons. The normalized spacial score (nSPS) is 16.7. The lowest BCUT2D eigenvalue weighted by atomic mass is 9.99. The Morgan fingerprint density at radius 1 is 0.417 bits per heavy atom. The highest BCUT2D eigenvalue weighted by Crippen LogP contribution is 2.22. The zero-order valence-corrected chi connectivity index (χ0v) is 80.1. The lowest BCUT2D eigenvalue weighted by Crippen LogP contribution is -2.63. The van der Waals surface area contributed by atoms with Crippen molar-refractivity contribution < 1.29 is 137 Å². The summed E-state index contributed by atoms with van der Waals surface area (Å²) in [5, 5.41) is 122. The van der Waals surface area contributed by atoms with Gasteiger partial charge in [0.25, 0.3) is 0 Å². The van der Waals surface area contributed by atoms with Crippen molar-refractivity contribution in [3.8, 4) is 0 Å². The van der Waals surface area contributed by atoms with E-state index in [4.69, 9.17) is 22.9 Å². The molecule has 1 fully saturated rings. The van der Waals surface area contributed by atoms with E-state index in [1.165, 1.54) is 52.4 Å². The van der Waals surface area contributed by atoms with Crippen molar-refractivity contribution in [2.75, 3.05) is 52.5 Å². The quantitative estimate of drug-likeness (QED) is 0.0274. The summed E-state index contributed by atoms with van der Waals surface area (Å²) in [5.74, 6) is -24.0. The number of carboxylic acids is 2. The van der Waals surface area contributed by atoms with E-state index in [0.717, 1.165) is 25.7 Å². The van der Waals surface area contributed by atoms with Crippen LogP contribution in [0.3, 0.4) is 0 Å². The highest BCUT2D eigenvalue weighted by atomic mass is 16.4. The minimum atomic E-state index is -2.14. The van der Waals surface area contributed by atoms with Gasteiger partial charge in [0.15, 0.2) is 0 Å². The molecule has 0 unspecified atom stereocenters. The number of nitrogens with zero attached hydrogens (tertiary/aromatic N) is 2. The Hall–Kier alpha value is -12.6. The number of unbranched alkanes of at least 4 members (excludes halogenated alkanes) is 3. The van der Waals surface area contributed by atoms with Crippen LogP contribution in [-0.4, -0.2) is 354 Å². The number of carboxylic acid groups (broad SMARTS) is 2. The number of carbonyl (C=O) groups is 20. The Labute approximate surface area is 803 Å². The van der Waals surface area contributed by atoms with Crippen LogP contribution in [0.15, 0.2) is 42.9 Å². The molecule has 21 atom stereocenters. The molecule has 780 valence electrons. The molecule has 2 aromatic rings. The third kappa shape index (κ3) is 41.6. The average molecular weight is 1970 g/mol. The number of H-pyrrole nitrogens is 1. The molecular weight excluding hydrogens is 1830 g/mol. The van der Waals surface area contributed by atoms with Crippen molar-refractivity contribution in [1.82, 2.24) is 105 Å². The molecule has 1 aliphatic rings. The molecule has 18 amide bonds. The fourth-order valence-corrected chi connectivity index (χ4v) is 14.2. The van der Waals surface area contributed by atoms with E-state index in [1.807, 2.05) is 5.32 Å². The molecule has 139 heavy (non-hydrogen) atoms. The average Bonchev–Trinajstić information content (AvgIpc) is 1.76. The largest absolute Gasteiger partial charge is 0.481 e. The fourth-order valence-electron chi connectivity index (χ4n) is 14.2. The number of benzene rings is 1. The smallest absolute Gasteiger partial charge is 0.328 e. The number of hydrogen-bond donors (Lipinski definition) is 30. The first-order chi connectivity index (χ1) is 65.5. The van der Waals surface area contributed by atoms with Crippen LogP contribution < -0.4 is 113 Å². The second-order valence-corrected chi connectivity index (χ2v) is 35.1. The van der Waals surface area contributed by atoms with Gasteiger partial charge in [-0.05, 0) is 148 Å². The summed E-state index contributed by atoms with van der Waals surface area (Å²) in [7, 11) is 0. The number of amides is 18. The maximum absolute atomic E-state index is 14.7. The minimum absolute atomic E-state index is 0.0344. The van der Waals surface area contributed by atoms with Crippen molar-refractivity contribution in [2.24, 2.45) is 40.7 Å². The Kier molecular flexibility index (Phi) is 53.5. The number of nitrogens with one attached hydrogen (secondary N) is 18. The molecule has 0 spiro atoms. The number of rotatable bonds is 64. The number of aliphatic carboxylic acids is 2. The van der Waals surface area contributed by atoms with Crippen LogP contribution in [0.1, 0.15) is 171 Å². The van der Waals surface area contributed by atoms with Crippen LogP contribution in [0.5, 0.6) is 0 Å². The van der Waals surface area contributed by atoms with Gasteiger partial charge in [0, 0.05) is 25.6 Å². The van der Waals surface area contributed by atoms with Gasteiger partial charge in [0.2, 0.25) is 106 Å². The number of aliphatic hydroxyl groups excluding tert-OH is 6. The molecule has 52 heteroatoms. The summed E-state index contributed by atoms with van der Waals surface area (Å²) in [6.07, 6.45) is -2.61. The SMILES string of the molecule is CC(C)C[C@H](NC(=O)[C@@H](NC(=O)[C@H](CO)NC(=O)[C@@H](N)CCCCN)[C@@H](C)O)C(=O)N[C@H](C(=O)NCC(=O)N[C@@H](Cc1c[nH]cn1)C(=O)N[C@@H](CC(=O)O)C(=O)N[C@H](C(=O)N[C@@H](Cc1ccccc1)C(=O)N[C@H](C(=O)N[C@@H](CCCCN)C(=O)N[C@H](C(=O)N[C@@H](CCCCN)C(=O)N1CCC[C@H]1C(=O)N[C@@H](CO)C(=O)N[C@@H](C)C(=O)N[C@@H](C)C(=O)N[C@@H](CO)C(=O)O)C(C)C)[C@@H](C)O)[C@@H](C)O)C(C)C. The van der Waals surface area contributed by atoms with E-state index < -0.39 is 303 Å². The number of aliphatic hydroxyl groups is 6. The maximum atomic E-state index is 14.7. The van der Waals surface area contributed by atoms with Crippen LogP contribution in [0.2, 0.25) is 0 Å². The van der Waals surface area contributed by atoms with Gasteiger partial charge in [-0.2, -0.15) is 0 Å². The summed E-state index contributed by atoms with van der Waals surface area (Å²) in [5.41, 5.74) is 23.6. The van der Waals surface area contributed by atoms with E-state index in [0.29, 0.717) is 31.4 Å². The summed E-state index contributed by atoms with van der Waals surface area (Å²) in [4.78, 5) is 283. The maximum Gasteiger partial charge on any atom is 0.328 e. The molecule has 52 nitrogen and oxygen atoms in total. The molecule has 0 saturated carbocycles. The number of likely N-dealkylation sites (tertiary alicyclic amines) is 1. The van der Waals surface area contributed by atoms with Crippen LogP contribution in [0.25, 0.3) is 0 Å². The highest BCUT2D eigenvalue weighted by Gasteiger charge is 2.44. The number of hydrogen-bond acceptors (Lipinski definition) is 31. The van der Waals surface area contributed by atoms with Gasteiger partial charge in [-0.1, -0.05) is 78.3 Å². The second-order valence-electron chi connectivity index (χ2n) is 35.1. The standard InChI is InChI=1S/C87H144N24O28/c1-42(2)32-55(101-84(135)69(49(11)117)110-79(130)60(39-113)103-72(123)52(91)24-15-18-28-88)75(126)106-65(43(3)4)81(132)93-37-63(118)97-57(34-51-36-92-41-94-51)74(125)100-58(35-64(119)120)77(128)109-68(48(10)116)85(136)102-56(33-50-22-13-12-14-23-50)76(127)108-67(47(9)115)83(134)98-53(25-16-19-29-89)73(124)107-66(44(5)6)82(133)99-54(26-17-20-30-90)86(137)111-31-21-27-62(111)80(131)104-59(38-112)78(129)96-45(7)70(121)95-46(8)71(122)105-61(40-114)87(138)139/h12-14,22-23,36,41-49,52-62,65-69,112-117H,15-21,24-35,37-40,88-91H2,1-11H3,(H,92,94)(H,93,132)(H,95,121)(H,96,129)(H,97,118)(H,98,134)(H,99,133)(H,100,125)(H,101,135)(H,102,136)(H,103,123)(H,104,131)(H,105,122)(H,106,126)(H,107,124)(H,108,127)(H,109,128)(H,110,130)(H,119,120)(H,138,139)/t45-,46-,47+,48+,49+,52-,53-,54-,55-,56-,57-,58-,59-,60-,61-,62-,65-,66-,67-,68-,69-/m0/s1. The van der Waals surface area contributed by atoms with E-state index in [1.54, 1.807) is 45.9 Å².